The molecule has 0 aliphatic heterocycles. The zero-order chi connectivity index (χ0) is 11.4. The van der Waals surface area contributed by atoms with Crippen LogP contribution in [0, 0.1) is 35.5 Å². The molecule has 3 saturated carbocycles. The lowest BCUT2D eigenvalue weighted by atomic mass is 9.65. The Morgan fingerprint density at radius 3 is 1.12 bits per heavy atom. The van der Waals surface area contributed by atoms with E-state index in [2.05, 4.69) is 0 Å². The topological polar surface area (TPSA) is 74.6 Å². The van der Waals surface area contributed by atoms with Gasteiger partial charge in [0.05, 0.1) is 11.8 Å². The molecule has 3 rings (SSSR count). The molecule has 3 aliphatic carbocycles. The van der Waals surface area contributed by atoms with Gasteiger partial charge in [0.2, 0.25) is 0 Å². The van der Waals surface area contributed by atoms with Crippen LogP contribution in [-0.2, 0) is 9.59 Å². The molecule has 4 bridgehead atoms. The third-order valence-corrected chi connectivity index (χ3v) is 5.18. The zero-order valence-corrected chi connectivity index (χ0v) is 9.00. The van der Waals surface area contributed by atoms with E-state index in [-0.39, 0.29) is 35.5 Å². The molecule has 0 aromatic carbocycles. The first kappa shape index (κ1) is 10.1. The molecule has 3 aliphatic rings. The Balaban J connectivity index is 1.97. The Labute approximate surface area is 93.6 Å². The molecular formula is C12H16O4. The van der Waals surface area contributed by atoms with E-state index >= 15 is 0 Å². The lowest BCUT2D eigenvalue weighted by Crippen LogP contribution is -2.43. The lowest BCUT2D eigenvalue weighted by Gasteiger charge is -2.37. The van der Waals surface area contributed by atoms with Crippen LogP contribution in [0.15, 0.2) is 0 Å². The minimum Gasteiger partial charge on any atom is -0.481 e. The van der Waals surface area contributed by atoms with Gasteiger partial charge in [-0.2, -0.15) is 0 Å². The van der Waals surface area contributed by atoms with Crippen LogP contribution in [0.25, 0.3) is 0 Å². The summed E-state index contributed by atoms with van der Waals surface area (Å²) >= 11 is 0. The number of carboxylic acids is 2. The summed E-state index contributed by atoms with van der Waals surface area (Å²) in [5.74, 6) is -1.41. The summed E-state index contributed by atoms with van der Waals surface area (Å²) in [5, 5.41) is 18.5. The average molecular weight is 224 g/mol. The first-order valence-electron chi connectivity index (χ1n) is 6.07. The van der Waals surface area contributed by atoms with Gasteiger partial charge < -0.3 is 10.2 Å². The Hall–Kier alpha value is -1.06. The predicted octanol–water partition coefficient (Wildman–Crippen LogP) is 1.45. The van der Waals surface area contributed by atoms with E-state index in [4.69, 9.17) is 0 Å². The van der Waals surface area contributed by atoms with E-state index in [0.717, 1.165) is 25.7 Å². The van der Waals surface area contributed by atoms with Crippen LogP contribution in [0.4, 0.5) is 0 Å². The fraction of sp³-hybridized carbons (Fsp3) is 0.833. The summed E-state index contributed by atoms with van der Waals surface area (Å²) < 4.78 is 0. The SMILES string of the molecule is O=C(O)C1[C@H]2CC[C@H]1[C@H]1CC[C@H]2C1C(=O)O. The molecule has 4 atom stereocenters. The molecule has 2 N–H and O–H groups in total. The minimum atomic E-state index is -0.701. The van der Waals surface area contributed by atoms with Gasteiger partial charge in [0.15, 0.2) is 0 Å². The second-order valence-corrected chi connectivity index (χ2v) is 5.54. The summed E-state index contributed by atoms with van der Waals surface area (Å²) in [7, 11) is 0. The van der Waals surface area contributed by atoms with Crippen molar-refractivity contribution in [2.24, 2.45) is 35.5 Å². The standard InChI is InChI=1S/C12H16O4/c13-11(14)9-5-1-2-6(9)8-4-3-7(5)10(8)12(15)16/h5-10H,1-4H2,(H,13,14)(H,15,16)/t5-,6-,7+,8+,9?,10?. The van der Waals surface area contributed by atoms with Gasteiger partial charge in [-0.3, -0.25) is 9.59 Å². The molecule has 16 heavy (non-hydrogen) atoms. The molecule has 4 nitrogen and oxygen atoms in total. The van der Waals surface area contributed by atoms with Crippen molar-refractivity contribution >= 4 is 11.9 Å². The van der Waals surface area contributed by atoms with Gasteiger partial charge in [-0.15, -0.1) is 0 Å². The molecule has 0 radical (unpaired) electrons. The van der Waals surface area contributed by atoms with E-state index in [0.29, 0.717) is 0 Å². The Morgan fingerprint density at radius 1 is 0.688 bits per heavy atom. The van der Waals surface area contributed by atoms with Gasteiger partial charge in [0, 0.05) is 0 Å². The van der Waals surface area contributed by atoms with Crippen LogP contribution < -0.4 is 0 Å². The number of hydrogen-bond donors (Lipinski definition) is 2. The Bertz CT molecular complexity index is 297. The summed E-state index contributed by atoms with van der Waals surface area (Å²) in [4.78, 5) is 22.5. The average Bonchev–Trinajstić information content (AvgIpc) is 2.68. The molecule has 0 saturated heterocycles. The zero-order valence-electron chi connectivity index (χ0n) is 9.00. The number of carboxylic acid groups (broad SMARTS) is 2. The van der Waals surface area contributed by atoms with Crippen LogP contribution in [0.5, 0.6) is 0 Å². The van der Waals surface area contributed by atoms with Crippen LogP contribution in [0.1, 0.15) is 25.7 Å². The normalized spacial score (nSPS) is 49.2. The van der Waals surface area contributed by atoms with E-state index in [1.807, 2.05) is 0 Å². The number of rotatable bonds is 2. The number of hydrogen-bond acceptors (Lipinski definition) is 2. The van der Waals surface area contributed by atoms with Crippen LogP contribution in [-0.4, -0.2) is 22.2 Å². The van der Waals surface area contributed by atoms with Gasteiger partial charge in [0.1, 0.15) is 0 Å². The van der Waals surface area contributed by atoms with Crippen molar-refractivity contribution in [3.8, 4) is 0 Å². The van der Waals surface area contributed by atoms with Crippen molar-refractivity contribution in [1.82, 2.24) is 0 Å². The molecule has 0 aromatic rings. The maximum Gasteiger partial charge on any atom is 0.307 e. The van der Waals surface area contributed by atoms with E-state index in [1.165, 1.54) is 0 Å². The van der Waals surface area contributed by atoms with E-state index < -0.39 is 11.9 Å². The number of carbonyl (C=O) groups is 2. The monoisotopic (exact) mass is 224 g/mol. The molecular weight excluding hydrogens is 208 g/mol. The highest BCUT2D eigenvalue weighted by atomic mass is 16.4. The smallest absolute Gasteiger partial charge is 0.307 e. The molecule has 0 aromatic heterocycles. The van der Waals surface area contributed by atoms with E-state index in [1.54, 1.807) is 0 Å². The van der Waals surface area contributed by atoms with Gasteiger partial charge in [-0.25, -0.2) is 0 Å². The fourth-order valence-corrected chi connectivity index (χ4v) is 4.78. The van der Waals surface area contributed by atoms with Gasteiger partial charge >= 0.3 is 11.9 Å². The van der Waals surface area contributed by atoms with Gasteiger partial charge in [0.25, 0.3) is 0 Å². The minimum absolute atomic E-state index is 0.127. The highest BCUT2D eigenvalue weighted by Gasteiger charge is 2.61. The second kappa shape index (κ2) is 3.22. The van der Waals surface area contributed by atoms with Crippen LogP contribution >= 0.6 is 0 Å². The summed E-state index contributed by atoms with van der Waals surface area (Å²) in [5.41, 5.74) is 0. The third-order valence-electron chi connectivity index (χ3n) is 5.18. The van der Waals surface area contributed by atoms with Crippen LogP contribution in [0.2, 0.25) is 0 Å². The van der Waals surface area contributed by atoms with Gasteiger partial charge in [-0.05, 0) is 49.4 Å². The molecule has 4 heteroatoms. The molecule has 0 amide bonds. The van der Waals surface area contributed by atoms with Crippen molar-refractivity contribution in [2.45, 2.75) is 25.7 Å². The van der Waals surface area contributed by atoms with Crippen molar-refractivity contribution < 1.29 is 19.8 Å². The highest BCUT2D eigenvalue weighted by molar-refractivity contribution is 5.75. The van der Waals surface area contributed by atoms with Crippen molar-refractivity contribution in [3.05, 3.63) is 0 Å². The molecule has 0 heterocycles. The Morgan fingerprint density at radius 2 is 0.938 bits per heavy atom. The van der Waals surface area contributed by atoms with Crippen molar-refractivity contribution in [2.75, 3.05) is 0 Å². The maximum atomic E-state index is 11.3. The van der Waals surface area contributed by atoms with E-state index in [9.17, 15) is 19.8 Å². The van der Waals surface area contributed by atoms with Crippen molar-refractivity contribution in [1.29, 1.82) is 0 Å². The fourth-order valence-electron chi connectivity index (χ4n) is 4.78. The summed E-state index contributed by atoms with van der Waals surface area (Å²) in [6, 6.07) is 0. The summed E-state index contributed by atoms with van der Waals surface area (Å²) in [6.07, 6.45) is 3.69. The summed E-state index contributed by atoms with van der Waals surface area (Å²) in [6.45, 7) is 0. The quantitative estimate of drug-likeness (QED) is 0.744. The Kier molecular flexibility index (Phi) is 2.03. The number of fused-ring (bicyclic) bond motifs is 6. The second-order valence-electron chi connectivity index (χ2n) is 5.54. The maximum absolute atomic E-state index is 11.3. The first-order chi connectivity index (χ1) is 7.61. The highest BCUT2D eigenvalue weighted by Crippen LogP contribution is 2.61. The largest absolute Gasteiger partial charge is 0.481 e. The molecule has 0 unspecified atom stereocenters. The third kappa shape index (κ3) is 1.10. The molecule has 88 valence electrons. The number of aliphatic carboxylic acids is 2. The lowest BCUT2D eigenvalue weighted by molar-refractivity contribution is -0.156. The molecule has 3 fully saturated rings. The van der Waals surface area contributed by atoms with Gasteiger partial charge in [-0.1, -0.05) is 0 Å². The predicted molar refractivity (Wildman–Crippen MR) is 54.7 cm³/mol. The van der Waals surface area contributed by atoms with Crippen molar-refractivity contribution in [3.63, 3.8) is 0 Å². The first-order valence-corrected chi connectivity index (χ1v) is 6.07. The van der Waals surface area contributed by atoms with Crippen LogP contribution in [0.3, 0.4) is 0 Å². The molecule has 0 spiro atoms.